The summed E-state index contributed by atoms with van der Waals surface area (Å²) < 4.78 is 48.8. The molecule has 0 heterocycles. The summed E-state index contributed by atoms with van der Waals surface area (Å²) in [6, 6.07) is 26.9. The second kappa shape index (κ2) is 19.6. The fourth-order valence-electron chi connectivity index (χ4n) is 4.91. The molecule has 0 aromatic heterocycles. The van der Waals surface area contributed by atoms with Crippen LogP contribution in [0.25, 0.3) is 11.1 Å². The minimum atomic E-state index is -4.80. The Morgan fingerprint density at radius 1 is 0.848 bits per heavy atom. The zero-order chi connectivity index (χ0) is 32.1. The summed E-state index contributed by atoms with van der Waals surface area (Å²) >= 11 is 1.20. The fourth-order valence-corrected chi connectivity index (χ4v) is 6.75. The number of benzene rings is 4. The Labute approximate surface area is 299 Å². The number of rotatable bonds is 18. The van der Waals surface area contributed by atoms with E-state index in [4.69, 9.17) is 14.6 Å². The van der Waals surface area contributed by atoms with E-state index in [9.17, 15) is 18.1 Å². The number of ether oxygens (including phenoxy) is 2. The maximum atomic E-state index is 12.4. The summed E-state index contributed by atoms with van der Waals surface area (Å²) in [6.07, 6.45) is 4.73. The molecule has 0 aliphatic carbocycles. The van der Waals surface area contributed by atoms with E-state index >= 15 is 0 Å². The van der Waals surface area contributed by atoms with Gasteiger partial charge >= 0.3 is 29.6 Å². The van der Waals surface area contributed by atoms with Crippen LogP contribution < -0.4 is 34.3 Å². The molecule has 240 valence electrons. The summed E-state index contributed by atoms with van der Waals surface area (Å²) in [4.78, 5) is 0.789. The smallest absolute Gasteiger partial charge is 0.744 e. The number of aliphatic hydroxyl groups excluding tert-OH is 2. The quantitative estimate of drug-likeness (QED) is 0.0885. The van der Waals surface area contributed by atoms with Crippen molar-refractivity contribution in [3.05, 3.63) is 108 Å². The van der Waals surface area contributed by atoms with E-state index in [0.717, 1.165) is 54.7 Å². The molecule has 4 aromatic rings. The molecular formula is C36H41NaO7S2. The predicted molar refractivity (Wildman–Crippen MR) is 177 cm³/mol. The van der Waals surface area contributed by atoms with Gasteiger partial charge in [0.05, 0.1) is 18.1 Å². The summed E-state index contributed by atoms with van der Waals surface area (Å²) in [5.41, 5.74) is 3.35. The first-order valence-electron chi connectivity index (χ1n) is 15.4. The van der Waals surface area contributed by atoms with Crippen molar-refractivity contribution in [2.75, 3.05) is 19.8 Å². The third kappa shape index (κ3) is 11.5. The number of hydrogen-bond donors (Lipinski definition) is 2. The zero-order valence-corrected chi connectivity index (χ0v) is 30.2. The Bertz CT molecular complexity index is 1610. The van der Waals surface area contributed by atoms with E-state index in [2.05, 4.69) is 6.92 Å². The average Bonchev–Trinajstić information content (AvgIpc) is 3.05. The maximum Gasteiger partial charge on any atom is 1.00 e. The number of unbranched alkanes of at least 4 members (excludes halogenated alkanes) is 4. The molecular weight excluding hydrogens is 632 g/mol. The molecule has 0 fully saturated rings. The van der Waals surface area contributed by atoms with E-state index in [-0.39, 0.29) is 41.1 Å². The SMILES string of the molecule is CCCCOc1ccc(Sc2ccc(-c3ccccc3C(O)c3cccc(COCCCCCCO)c3)cc2S(=O)(=O)[O-])cc1.[Na+]. The Hall–Kier alpha value is -2.18. The van der Waals surface area contributed by atoms with Crippen molar-refractivity contribution in [2.24, 2.45) is 0 Å². The summed E-state index contributed by atoms with van der Waals surface area (Å²) in [5, 5.41) is 20.4. The van der Waals surface area contributed by atoms with Gasteiger partial charge in [-0.3, -0.25) is 0 Å². The van der Waals surface area contributed by atoms with E-state index in [0.29, 0.717) is 47.0 Å². The van der Waals surface area contributed by atoms with Gasteiger partial charge in [0.25, 0.3) is 0 Å². The second-order valence-corrected chi connectivity index (χ2v) is 13.3. The van der Waals surface area contributed by atoms with Gasteiger partial charge in [0.15, 0.2) is 0 Å². The van der Waals surface area contributed by atoms with Crippen molar-refractivity contribution < 1.29 is 62.2 Å². The van der Waals surface area contributed by atoms with Gasteiger partial charge in [-0.15, -0.1) is 0 Å². The van der Waals surface area contributed by atoms with E-state index in [1.165, 1.54) is 17.8 Å². The Morgan fingerprint density at radius 3 is 2.35 bits per heavy atom. The number of aliphatic hydroxyl groups is 2. The molecule has 0 aliphatic heterocycles. The van der Waals surface area contributed by atoms with Crippen molar-refractivity contribution in [2.45, 2.75) is 72.8 Å². The summed E-state index contributed by atoms with van der Waals surface area (Å²) in [7, 11) is -4.80. The molecule has 0 radical (unpaired) electrons. The first-order chi connectivity index (χ1) is 21.8. The molecule has 46 heavy (non-hydrogen) atoms. The van der Waals surface area contributed by atoms with Gasteiger partial charge in [-0.25, -0.2) is 8.42 Å². The van der Waals surface area contributed by atoms with Gasteiger partial charge in [-0.2, -0.15) is 0 Å². The van der Waals surface area contributed by atoms with Crippen LogP contribution in [0.5, 0.6) is 5.75 Å². The first kappa shape index (κ1) is 38.3. The monoisotopic (exact) mass is 672 g/mol. The Balaban J connectivity index is 0.00000576. The van der Waals surface area contributed by atoms with Crippen molar-refractivity contribution in [3.63, 3.8) is 0 Å². The third-order valence-corrected chi connectivity index (χ3v) is 9.42. The molecule has 2 N–H and O–H groups in total. The van der Waals surface area contributed by atoms with Crippen LogP contribution in [0.2, 0.25) is 0 Å². The van der Waals surface area contributed by atoms with Gasteiger partial charge in [-0.1, -0.05) is 92.5 Å². The fraction of sp³-hybridized carbons (Fsp3) is 0.333. The van der Waals surface area contributed by atoms with Crippen molar-refractivity contribution >= 4 is 21.9 Å². The van der Waals surface area contributed by atoms with Crippen molar-refractivity contribution in [1.82, 2.24) is 0 Å². The summed E-state index contributed by atoms with van der Waals surface area (Å²) in [6.45, 7) is 3.98. The largest absolute Gasteiger partial charge is 1.00 e. The van der Waals surface area contributed by atoms with Crippen molar-refractivity contribution in [1.29, 1.82) is 0 Å². The van der Waals surface area contributed by atoms with Gasteiger partial charge in [0.1, 0.15) is 22.0 Å². The molecule has 0 saturated heterocycles. The molecule has 4 aromatic carbocycles. The van der Waals surface area contributed by atoms with Crippen LogP contribution in [0.15, 0.2) is 106 Å². The average molecular weight is 673 g/mol. The number of hydrogen-bond acceptors (Lipinski definition) is 8. The minimum Gasteiger partial charge on any atom is -0.744 e. The molecule has 0 aliphatic rings. The molecule has 0 saturated carbocycles. The molecule has 0 spiro atoms. The Kier molecular flexibility index (Phi) is 16.3. The van der Waals surface area contributed by atoms with E-state index in [1.54, 1.807) is 18.2 Å². The zero-order valence-electron chi connectivity index (χ0n) is 26.6. The molecule has 10 heteroatoms. The molecule has 0 bridgehead atoms. The van der Waals surface area contributed by atoms with Crippen LogP contribution in [0.1, 0.15) is 68.2 Å². The van der Waals surface area contributed by atoms with Gasteiger partial charge < -0.3 is 24.2 Å². The molecule has 0 amide bonds. The third-order valence-electron chi connectivity index (χ3n) is 7.33. The van der Waals surface area contributed by atoms with Crippen LogP contribution in [0.4, 0.5) is 0 Å². The van der Waals surface area contributed by atoms with Crippen LogP contribution in [-0.4, -0.2) is 43.0 Å². The van der Waals surface area contributed by atoms with Crippen LogP contribution in [0, 0.1) is 0 Å². The summed E-state index contributed by atoms with van der Waals surface area (Å²) in [5.74, 6) is 0.735. The van der Waals surface area contributed by atoms with E-state index < -0.39 is 16.2 Å². The van der Waals surface area contributed by atoms with Crippen LogP contribution >= 0.6 is 11.8 Å². The van der Waals surface area contributed by atoms with Gasteiger partial charge in [0.2, 0.25) is 0 Å². The van der Waals surface area contributed by atoms with E-state index in [1.807, 2.05) is 66.7 Å². The van der Waals surface area contributed by atoms with Crippen molar-refractivity contribution in [3.8, 4) is 16.9 Å². The van der Waals surface area contributed by atoms with Crippen LogP contribution in [-0.2, 0) is 21.5 Å². The Morgan fingerprint density at radius 2 is 1.61 bits per heavy atom. The van der Waals surface area contributed by atoms with Gasteiger partial charge in [-0.05, 0) is 83.5 Å². The topological polar surface area (TPSA) is 116 Å². The second-order valence-electron chi connectivity index (χ2n) is 10.8. The molecule has 1 atom stereocenters. The minimum absolute atomic E-state index is 0. The standard InChI is InChI=1S/C36H42O7S2.Na/c1-2-3-23-43-30-16-18-31(19-17-30)44-34-20-15-28(25-35(34)45(39,40)41)32-13-6-7-14-33(32)36(38)29-12-10-11-27(24-29)26-42-22-9-5-4-8-21-37;/h6-7,10-20,24-25,36-38H,2-5,8-9,21-23,26H2,1H3,(H,39,40,41);/q;+1/p-1. The normalized spacial score (nSPS) is 12.0. The molecule has 4 rings (SSSR count). The molecule has 7 nitrogen and oxygen atoms in total. The van der Waals surface area contributed by atoms with Gasteiger partial charge in [0, 0.05) is 23.0 Å². The molecule has 1 unspecified atom stereocenters. The first-order valence-corrected chi connectivity index (χ1v) is 17.6. The maximum absolute atomic E-state index is 12.4. The predicted octanol–water partition coefficient (Wildman–Crippen LogP) is 4.74. The van der Waals surface area contributed by atoms with Crippen LogP contribution in [0.3, 0.4) is 0 Å².